The molecule has 6 nitrogen and oxygen atoms in total. The van der Waals surface area contributed by atoms with Gasteiger partial charge in [-0.15, -0.1) is 10.2 Å². The summed E-state index contributed by atoms with van der Waals surface area (Å²) in [5.74, 6) is 1.26. The lowest BCUT2D eigenvalue weighted by Crippen LogP contribution is -2.42. The SMILES string of the molecule is CCN(CC(C)(C)O)C(=O)CCc1nnc(C(C)C)o1. The van der Waals surface area contributed by atoms with Crippen molar-refractivity contribution < 1.29 is 14.3 Å². The topological polar surface area (TPSA) is 79.5 Å². The second-order valence-corrected chi connectivity index (χ2v) is 5.91. The molecule has 0 atom stereocenters. The van der Waals surface area contributed by atoms with Gasteiger partial charge < -0.3 is 14.4 Å². The molecule has 1 aromatic rings. The van der Waals surface area contributed by atoms with Crippen molar-refractivity contribution in [3.8, 4) is 0 Å². The van der Waals surface area contributed by atoms with Crippen molar-refractivity contribution >= 4 is 5.91 Å². The predicted molar refractivity (Wildman–Crippen MR) is 75.3 cm³/mol. The fourth-order valence-electron chi connectivity index (χ4n) is 1.82. The van der Waals surface area contributed by atoms with Crippen molar-refractivity contribution in [3.05, 3.63) is 11.8 Å². The fraction of sp³-hybridized carbons (Fsp3) is 0.786. The average molecular weight is 283 g/mol. The molecule has 0 aliphatic rings. The highest BCUT2D eigenvalue weighted by Gasteiger charge is 2.21. The van der Waals surface area contributed by atoms with Crippen molar-refractivity contribution in [3.63, 3.8) is 0 Å². The average Bonchev–Trinajstić information content (AvgIpc) is 2.80. The molecule has 1 amide bonds. The van der Waals surface area contributed by atoms with Crippen LogP contribution in [-0.2, 0) is 11.2 Å². The monoisotopic (exact) mass is 283 g/mol. The quantitative estimate of drug-likeness (QED) is 0.824. The van der Waals surface area contributed by atoms with Crippen LogP contribution in [0.2, 0.25) is 0 Å². The first-order valence-electron chi connectivity index (χ1n) is 7.05. The van der Waals surface area contributed by atoms with E-state index in [0.717, 1.165) is 0 Å². The van der Waals surface area contributed by atoms with E-state index in [0.29, 0.717) is 37.7 Å². The Balaban J connectivity index is 2.52. The minimum atomic E-state index is -0.888. The van der Waals surface area contributed by atoms with Gasteiger partial charge in [0.1, 0.15) is 0 Å². The summed E-state index contributed by atoms with van der Waals surface area (Å²) in [6.45, 7) is 10.1. The fourth-order valence-corrected chi connectivity index (χ4v) is 1.82. The van der Waals surface area contributed by atoms with Crippen LogP contribution in [0.1, 0.15) is 58.7 Å². The molecule has 0 saturated heterocycles. The molecule has 0 aliphatic carbocycles. The van der Waals surface area contributed by atoms with Crippen LogP contribution in [-0.4, -0.2) is 44.8 Å². The van der Waals surface area contributed by atoms with Crippen LogP contribution in [0.5, 0.6) is 0 Å². The van der Waals surface area contributed by atoms with Crippen molar-refractivity contribution in [2.75, 3.05) is 13.1 Å². The first kappa shape index (κ1) is 16.6. The van der Waals surface area contributed by atoms with Crippen LogP contribution in [0.15, 0.2) is 4.42 Å². The van der Waals surface area contributed by atoms with E-state index in [9.17, 15) is 9.90 Å². The zero-order valence-electron chi connectivity index (χ0n) is 13.0. The normalized spacial score (nSPS) is 11.9. The summed E-state index contributed by atoms with van der Waals surface area (Å²) in [6.07, 6.45) is 0.741. The van der Waals surface area contributed by atoms with E-state index >= 15 is 0 Å². The summed E-state index contributed by atoms with van der Waals surface area (Å²) in [4.78, 5) is 13.7. The first-order valence-corrected chi connectivity index (χ1v) is 7.05. The van der Waals surface area contributed by atoms with Gasteiger partial charge in [0.2, 0.25) is 17.7 Å². The van der Waals surface area contributed by atoms with E-state index in [2.05, 4.69) is 10.2 Å². The Morgan fingerprint density at radius 3 is 2.50 bits per heavy atom. The molecule has 1 rings (SSSR count). The standard InChI is InChI=1S/C14H25N3O3/c1-6-17(9-14(4,5)19)12(18)8-7-11-15-16-13(20-11)10(2)3/h10,19H,6-9H2,1-5H3. The van der Waals surface area contributed by atoms with Crippen molar-refractivity contribution in [1.82, 2.24) is 15.1 Å². The van der Waals surface area contributed by atoms with Gasteiger partial charge in [0, 0.05) is 31.8 Å². The molecule has 0 aliphatic heterocycles. The minimum absolute atomic E-state index is 0.0149. The summed E-state index contributed by atoms with van der Waals surface area (Å²) in [6, 6.07) is 0. The van der Waals surface area contributed by atoms with Gasteiger partial charge in [-0.05, 0) is 20.8 Å². The Morgan fingerprint density at radius 2 is 2.05 bits per heavy atom. The smallest absolute Gasteiger partial charge is 0.223 e. The molecule has 0 fully saturated rings. The van der Waals surface area contributed by atoms with Crippen LogP contribution in [0.4, 0.5) is 0 Å². The number of rotatable bonds is 7. The van der Waals surface area contributed by atoms with Gasteiger partial charge >= 0.3 is 0 Å². The molecule has 1 aromatic heterocycles. The third-order valence-corrected chi connectivity index (χ3v) is 2.84. The lowest BCUT2D eigenvalue weighted by molar-refractivity contribution is -0.134. The highest BCUT2D eigenvalue weighted by atomic mass is 16.4. The molecule has 1 N–H and O–H groups in total. The zero-order valence-corrected chi connectivity index (χ0v) is 13.0. The number of aromatic nitrogens is 2. The van der Waals surface area contributed by atoms with Gasteiger partial charge in [-0.2, -0.15) is 0 Å². The first-order chi connectivity index (χ1) is 9.23. The van der Waals surface area contributed by atoms with E-state index in [1.165, 1.54) is 0 Å². The van der Waals surface area contributed by atoms with Crippen LogP contribution < -0.4 is 0 Å². The summed E-state index contributed by atoms with van der Waals surface area (Å²) in [5.41, 5.74) is -0.888. The van der Waals surface area contributed by atoms with Gasteiger partial charge in [0.15, 0.2) is 0 Å². The number of nitrogens with zero attached hydrogens (tertiary/aromatic N) is 3. The summed E-state index contributed by atoms with van der Waals surface area (Å²) in [7, 11) is 0. The summed E-state index contributed by atoms with van der Waals surface area (Å²) < 4.78 is 5.47. The molecule has 0 spiro atoms. The van der Waals surface area contributed by atoms with Crippen LogP contribution >= 0.6 is 0 Å². The third-order valence-electron chi connectivity index (χ3n) is 2.84. The number of carbonyl (C=O) groups is 1. The van der Waals surface area contributed by atoms with Gasteiger partial charge in [0.25, 0.3) is 0 Å². The zero-order chi connectivity index (χ0) is 15.3. The Labute approximate surface area is 120 Å². The van der Waals surface area contributed by atoms with E-state index in [1.54, 1.807) is 18.7 Å². The maximum absolute atomic E-state index is 12.1. The van der Waals surface area contributed by atoms with E-state index < -0.39 is 5.60 Å². The Morgan fingerprint density at radius 1 is 1.40 bits per heavy atom. The molecule has 6 heteroatoms. The number of likely N-dealkylation sites (N-methyl/N-ethyl adjacent to an activating group) is 1. The van der Waals surface area contributed by atoms with Crippen LogP contribution in [0.3, 0.4) is 0 Å². The molecule has 0 aromatic carbocycles. The second-order valence-electron chi connectivity index (χ2n) is 5.91. The van der Waals surface area contributed by atoms with E-state index in [4.69, 9.17) is 4.42 Å². The van der Waals surface area contributed by atoms with Gasteiger partial charge in [-0.3, -0.25) is 4.79 Å². The van der Waals surface area contributed by atoms with Crippen molar-refractivity contribution in [1.29, 1.82) is 0 Å². The summed E-state index contributed by atoms with van der Waals surface area (Å²) in [5, 5.41) is 17.7. The largest absolute Gasteiger partial charge is 0.425 e. The second kappa shape index (κ2) is 6.83. The number of aryl methyl sites for hydroxylation is 1. The number of aliphatic hydroxyl groups is 1. The number of carbonyl (C=O) groups excluding carboxylic acids is 1. The molecule has 1 heterocycles. The maximum atomic E-state index is 12.1. The lowest BCUT2D eigenvalue weighted by Gasteiger charge is -2.28. The molecular formula is C14H25N3O3. The molecule has 0 bridgehead atoms. The van der Waals surface area contributed by atoms with E-state index in [-0.39, 0.29) is 11.8 Å². The van der Waals surface area contributed by atoms with Gasteiger partial charge in [-0.1, -0.05) is 13.8 Å². The Kier molecular flexibility index (Phi) is 5.68. The third kappa shape index (κ3) is 5.28. The molecule has 20 heavy (non-hydrogen) atoms. The van der Waals surface area contributed by atoms with Crippen LogP contribution in [0, 0.1) is 0 Å². The number of amides is 1. The van der Waals surface area contributed by atoms with Crippen molar-refractivity contribution in [2.45, 2.75) is 59.0 Å². The molecule has 0 unspecified atom stereocenters. The number of hydrogen-bond acceptors (Lipinski definition) is 5. The number of hydrogen-bond donors (Lipinski definition) is 1. The van der Waals surface area contributed by atoms with Gasteiger partial charge in [-0.25, -0.2) is 0 Å². The van der Waals surface area contributed by atoms with Gasteiger partial charge in [0.05, 0.1) is 5.60 Å². The minimum Gasteiger partial charge on any atom is -0.425 e. The highest BCUT2D eigenvalue weighted by Crippen LogP contribution is 2.13. The Bertz CT molecular complexity index is 435. The Hall–Kier alpha value is -1.43. The van der Waals surface area contributed by atoms with Crippen molar-refractivity contribution in [2.24, 2.45) is 0 Å². The maximum Gasteiger partial charge on any atom is 0.223 e. The summed E-state index contributed by atoms with van der Waals surface area (Å²) >= 11 is 0. The molecule has 114 valence electrons. The highest BCUT2D eigenvalue weighted by molar-refractivity contribution is 5.76. The van der Waals surface area contributed by atoms with Crippen LogP contribution in [0.25, 0.3) is 0 Å². The lowest BCUT2D eigenvalue weighted by atomic mass is 10.1. The van der Waals surface area contributed by atoms with E-state index in [1.807, 2.05) is 20.8 Å². The molecular weight excluding hydrogens is 258 g/mol. The molecule has 0 saturated carbocycles. The molecule has 0 radical (unpaired) electrons. The predicted octanol–water partition coefficient (Wildman–Crippen LogP) is 1.74.